The lowest BCUT2D eigenvalue weighted by Crippen LogP contribution is -1.87. The minimum absolute atomic E-state index is 0.00940. The molecule has 0 bridgehead atoms. The van der Waals surface area contributed by atoms with Crippen molar-refractivity contribution in [2.75, 3.05) is 7.11 Å². The second-order valence-corrected chi connectivity index (χ2v) is 3.64. The molecular weight excluding hydrogens is 214 g/mol. The zero-order valence-corrected chi connectivity index (χ0v) is 8.90. The van der Waals surface area contributed by atoms with E-state index in [1.165, 1.54) is 7.11 Å². The van der Waals surface area contributed by atoms with Crippen LogP contribution in [0.5, 0.6) is 5.75 Å². The van der Waals surface area contributed by atoms with Crippen LogP contribution in [-0.2, 0) is 10.7 Å². The zero-order valence-electron chi connectivity index (χ0n) is 8.01. The topological polar surface area (TPSA) is 67.2 Å². The van der Waals surface area contributed by atoms with Crippen LogP contribution in [0.15, 0.2) is 30.3 Å². The molecule has 0 heterocycles. The fourth-order valence-corrected chi connectivity index (χ4v) is 1.59. The van der Waals surface area contributed by atoms with Crippen LogP contribution < -0.4 is 4.74 Å². The molecule has 0 unspecified atom stereocenters. The third-order valence-electron chi connectivity index (χ3n) is 1.78. The van der Waals surface area contributed by atoms with Gasteiger partial charge >= 0.3 is 0 Å². The first-order valence-electron chi connectivity index (χ1n) is 4.07. The third kappa shape index (κ3) is 2.82. The molecule has 0 saturated carbocycles. The maximum atomic E-state index is 10.8. The van der Waals surface area contributed by atoms with Crippen LogP contribution in [0.3, 0.4) is 0 Å². The van der Waals surface area contributed by atoms with Crippen LogP contribution in [0, 0.1) is 11.3 Å². The molecule has 0 aliphatic heterocycles. The number of nitrogens with zero attached hydrogens (tertiary/aromatic N) is 1. The lowest BCUT2D eigenvalue weighted by Gasteiger charge is -2.01. The van der Waals surface area contributed by atoms with Gasteiger partial charge in [-0.05, 0) is 29.8 Å². The molecule has 0 aliphatic rings. The fraction of sp³-hybridized carbons (Fsp3) is 0.100. The quantitative estimate of drug-likeness (QED) is 0.617. The molecular formula is C10H9NO3S. The first-order chi connectivity index (χ1) is 7.19. The molecule has 0 atom stereocenters. The van der Waals surface area contributed by atoms with Crippen LogP contribution in [0.2, 0.25) is 0 Å². The third-order valence-corrected chi connectivity index (χ3v) is 2.56. The number of thiol groups is 1. The molecule has 0 saturated heterocycles. The molecule has 5 heteroatoms. The number of allylic oxidation sites excluding steroid dienone is 1. The normalized spacial score (nSPS) is 11.1. The van der Waals surface area contributed by atoms with Crippen molar-refractivity contribution in [3.05, 3.63) is 35.9 Å². The van der Waals surface area contributed by atoms with Gasteiger partial charge in [0.2, 0.25) is 0 Å². The van der Waals surface area contributed by atoms with E-state index in [1.54, 1.807) is 30.3 Å². The van der Waals surface area contributed by atoms with Crippen LogP contribution in [0.25, 0.3) is 4.91 Å². The largest absolute Gasteiger partial charge is 0.497 e. The van der Waals surface area contributed by atoms with Gasteiger partial charge < -0.3 is 4.74 Å². The first kappa shape index (κ1) is 11.3. The second kappa shape index (κ2) is 5.17. The summed E-state index contributed by atoms with van der Waals surface area (Å²) in [6.45, 7) is 0. The number of benzene rings is 1. The highest BCUT2D eigenvalue weighted by molar-refractivity contribution is 7.83. The summed E-state index contributed by atoms with van der Waals surface area (Å²) in [7, 11) is -1.24. The van der Waals surface area contributed by atoms with Gasteiger partial charge in [0.05, 0.1) is 18.1 Å². The molecule has 0 radical (unpaired) electrons. The van der Waals surface area contributed by atoms with Gasteiger partial charge in [-0.3, -0.25) is 0 Å². The van der Waals surface area contributed by atoms with E-state index in [1.807, 2.05) is 0 Å². The van der Waals surface area contributed by atoms with Gasteiger partial charge in [-0.15, -0.1) is 0 Å². The maximum absolute atomic E-state index is 10.8. The lowest BCUT2D eigenvalue weighted by molar-refractivity contribution is 0.415. The Kier molecular flexibility index (Phi) is 3.89. The van der Waals surface area contributed by atoms with Crippen molar-refractivity contribution in [1.29, 1.82) is 5.26 Å². The summed E-state index contributed by atoms with van der Waals surface area (Å²) in [5, 5.41) is 8.43. The highest BCUT2D eigenvalue weighted by Crippen LogP contribution is 2.18. The molecule has 78 valence electrons. The number of rotatable bonds is 3. The van der Waals surface area contributed by atoms with Gasteiger partial charge in [0.1, 0.15) is 5.75 Å². The average molecular weight is 223 g/mol. The van der Waals surface area contributed by atoms with Crippen molar-refractivity contribution in [1.82, 2.24) is 0 Å². The standard InChI is InChI=1S/C10H9NO3S/c1-14-9-4-2-8(3-5-9)10(6-7-11)15(12)13/h2-6,15H,1H3. The Hall–Kier alpha value is -1.80. The fourth-order valence-electron chi connectivity index (χ4n) is 1.06. The summed E-state index contributed by atoms with van der Waals surface area (Å²) in [6.07, 6.45) is 1.01. The highest BCUT2D eigenvalue weighted by atomic mass is 32.2. The van der Waals surface area contributed by atoms with Crippen molar-refractivity contribution in [2.45, 2.75) is 0 Å². The summed E-state index contributed by atoms with van der Waals surface area (Å²) >= 11 is 0. The highest BCUT2D eigenvalue weighted by Gasteiger charge is 2.03. The molecule has 1 aromatic carbocycles. The van der Waals surface area contributed by atoms with E-state index < -0.39 is 10.7 Å². The molecule has 1 rings (SSSR count). The summed E-state index contributed by atoms with van der Waals surface area (Å²) in [5.74, 6) is 0.635. The average Bonchev–Trinajstić information content (AvgIpc) is 2.26. The Morgan fingerprint density at radius 1 is 1.40 bits per heavy atom. The van der Waals surface area contributed by atoms with E-state index in [9.17, 15) is 8.42 Å². The summed E-state index contributed by atoms with van der Waals surface area (Å²) in [5.41, 5.74) is 0.480. The smallest absolute Gasteiger partial charge is 0.169 e. The maximum Gasteiger partial charge on any atom is 0.169 e. The molecule has 0 aliphatic carbocycles. The molecule has 4 nitrogen and oxygen atoms in total. The van der Waals surface area contributed by atoms with Gasteiger partial charge in [-0.25, -0.2) is 8.42 Å². The molecule has 0 fully saturated rings. The van der Waals surface area contributed by atoms with Crippen molar-refractivity contribution in [2.24, 2.45) is 0 Å². The van der Waals surface area contributed by atoms with Gasteiger partial charge in [0.25, 0.3) is 0 Å². The van der Waals surface area contributed by atoms with Gasteiger partial charge in [-0.1, -0.05) is 0 Å². The summed E-state index contributed by atoms with van der Waals surface area (Å²) < 4.78 is 26.6. The first-order valence-corrected chi connectivity index (χ1v) is 5.25. The van der Waals surface area contributed by atoms with Crippen molar-refractivity contribution in [3.63, 3.8) is 0 Å². The molecule has 0 spiro atoms. The monoisotopic (exact) mass is 223 g/mol. The van der Waals surface area contributed by atoms with Gasteiger partial charge in [0, 0.05) is 6.08 Å². The van der Waals surface area contributed by atoms with E-state index in [0.29, 0.717) is 11.3 Å². The van der Waals surface area contributed by atoms with Gasteiger partial charge in [0.15, 0.2) is 10.7 Å². The van der Waals surface area contributed by atoms with Crippen LogP contribution in [0.1, 0.15) is 5.56 Å². The van der Waals surface area contributed by atoms with E-state index >= 15 is 0 Å². The van der Waals surface area contributed by atoms with Crippen molar-refractivity contribution < 1.29 is 13.2 Å². The predicted octanol–water partition coefficient (Wildman–Crippen LogP) is 1.17. The minimum atomic E-state index is -2.76. The van der Waals surface area contributed by atoms with E-state index in [2.05, 4.69) is 0 Å². The molecule has 0 N–H and O–H groups in total. The Morgan fingerprint density at radius 3 is 2.40 bits per heavy atom. The van der Waals surface area contributed by atoms with E-state index in [0.717, 1.165) is 6.08 Å². The number of hydrogen-bond acceptors (Lipinski definition) is 4. The Bertz CT molecular complexity index is 472. The SMILES string of the molecule is COc1ccc(C(=CC#N)[SH](=O)=O)cc1. The van der Waals surface area contributed by atoms with Gasteiger partial charge in [-0.2, -0.15) is 5.26 Å². The van der Waals surface area contributed by atoms with Crippen molar-refractivity contribution >= 4 is 15.6 Å². The Balaban J connectivity index is 3.15. The number of ether oxygens (including phenoxy) is 1. The number of methoxy groups -OCH3 is 1. The lowest BCUT2D eigenvalue weighted by atomic mass is 10.2. The molecule has 0 amide bonds. The molecule has 0 aromatic heterocycles. The Labute approximate surface area is 89.4 Å². The summed E-state index contributed by atoms with van der Waals surface area (Å²) in [4.78, 5) is 0.00940. The van der Waals surface area contributed by atoms with Crippen LogP contribution in [0.4, 0.5) is 0 Å². The Morgan fingerprint density at radius 2 is 2.00 bits per heavy atom. The molecule has 15 heavy (non-hydrogen) atoms. The van der Waals surface area contributed by atoms with Crippen molar-refractivity contribution in [3.8, 4) is 11.8 Å². The second-order valence-electron chi connectivity index (χ2n) is 2.64. The van der Waals surface area contributed by atoms with E-state index in [4.69, 9.17) is 10.00 Å². The van der Waals surface area contributed by atoms with Crippen LogP contribution in [-0.4, -0.2) is 15.5 Å². The number of hydrogen-bond donors (Lipinski definition) is 1. The zero-order chi connectivity index (χ0) is 11.3. The summed E-state index contributed by atoms with van der Waals surface area (Å²) in [6, 6.07) is 8.16. The van der Waals surface area contributed by atoms with E-state index in [-0.39, 0.29) is 4.91 Å². The van der Waals surface area contributed by atoms with Crippen LogP contribution >= 0.6 is 0 Å². The minimum Gasteiger partial charge on any atom is -0.497 e. The predicted molar refractivity (Wildman–Crippen MR) is 56.9 cm³/mol. The molecule has 1 aromatic rings. The number of nitriles is 1.